The molecule has 140 valence electrons. The van der Waals surface area contributed by atoms with Gasteiger partial charge in [-0.05, 0) is 38.5 Å². The van der Waals surface area contributed by atoms with E-state index in [1.165, 1.54) is 22.9 Å². The first-order valence-electron chi connectivity index (χ1n) is 8.12. The summed E-state index contributed by atoms with van der Waals surface area (Å²) < 4.78 is 29.0. The normalized spacial score (nSPS) is 12.0. The first-order valence-corrected chi connectivity index (χ1v) is 9.61. The Balaban J connectivity index is 2.12. The summed E-state index contributed by atoms with van der Waals surface area (Å²) in [6.07, 6.45) is 1.52. The summed E-state index contributed by atoms with van der Waals surface area (Å²) >= 11 is 0. The summed E-state index contributed by atoms with van der Waals surface area (Å²) in [4.78, 5) is 23.9. The van der Waals surface area contributed by atoms with Crippen molar-refractivity contribution in [1.29, 1.82) is 0 Å². The van der Waals surface area contributed by atoms with Crippen molar-refractivity contribution in [2.24, 2.45) is 0 Å². The summed E-state index contributed by atoms with van der Waals surface area (Å²) in [5.74, 6) is -0.380. The fraction of sp³-hybridized carbons (Fsp3) is 0.333. The summed E-state index contributed by atoms with van der Waals surface area (Å²) in [7, 11) is -3.72. The number of hydrogen-bond acceptors (Lipinski definition) is 4. The van der Waals surface area contributed by atoms with Gasteiger partial charge in [0.25, 0.3) is 5.56 Å². The Bertz CT molecular complexity index is 943. The van der Waals surface area contributed by atoms with Crippen molar-refractivity contribution in [2.45, 2.75) is 44.3 Å². The zero-order chi connectivity index (χ0) is 19.4. The van der Waals surface area contributed by atoms with E-state index in [1.807, 2.05) is 0 Å². The smallest absolute Gasteiger partial charge is 0.250 e. The highest BCUT2D eigenvalue weighted by Gasteiger charge is 2.24. The second kappa shape index (κ2) is 7.84. The fourth-order valence-electron chi connectivity index (χ4n) is 2.37. The van der Waals surface area contributed by atoms with Crippen LogP contribution in [0.2, 0.25) is 0 Å². The van der Waals surface area contributed by atoms with Crippen molar-refractivity contribution >= 4 is 15.9 Å². The lowest BCUT2D eigenvalue weighted by atomic mass is 10.1. The fourth-order valence-corrected chi connectivity index (χ4v) is 4.03. The van der Waals surface area contributed by atoms with Gasteiger partial charge in [0.05, 0.1) is 4.90 Å². The summed E-state index contributed by atoms with van der Waals surface area (Å²) in [5, 5.41) is 2.66. The number of pyridine rings is 1. The second-order valence-corrected chi connectivity index (χ2v) is 8.56. The molecular weight excluding hydrogens is 354 g/mol. The minimum absolute atomic E-state index is 0.0433. The molecule has 1 amide bonds. The zero-order valence-electron chi connectivity index (χ0n) is 15.0. The van der Waals surface area contributed by atoms with Gasteiger partial charge in [-0.2, -0.15) is 0 Å². The maximum absolute atomic E-state index is 12.6. The minimum Gasteiger partial charge on any atom is -0.350 e. The van der Waals surface area contributed by atoms with Crippen LogP contribution in [0.4, 0.5) is 0 Å². The number of aromatic nitrogens is 1. The number of carbonyl (C=O) groups excluding carboxylic acids is 1. The van der Waals surface area contributed by atoms with Gasteiger partial charge in [-0.1, -0.05) is 24.3 Å². The van der Waals surface area contributed by atoms with Crippen molar-refractivity contribution < 1.29 is 13.2 Å². The quantitative estimate of drug-likeness (QED) is 0.791. The van der Waals surface area contributed by atoms with E-state index in [-0.39, 0.29) is 29.5 Å². The molecule has 0 aliphatic heterocycles. The molecule has 0 atom stereocenters. The summed E-state index contributed by atoms with van der Waals surface area (Å²) in [6.45, 7) is 5.18. The molecule has 0 bridgehead atoms. The van der Waals surface area contributed by atoms with Gasteiger partial charge in [-0.3, -0.25) is 9.59 Å². The predicted octanol–water partition coefficient (Wildman–Crippen LogP) is 1.24. The summed E-state index contributed by atoms with van der Waals surface area (Å²) in [6, 6.07) is 11.1. The molecular formula is C18H23N3O4S. The number of rotatable bonds is 6. The van der Waals surface area contributed by atoms with Crippen LogP contribution in [0.3, 0.4) is 0 Å². The molecule has 1 aromatic heterocycles. The molecule has 0 aliphatic carbocycles. The monoisotopic (exact) mass is 377 g/mol. The number of carbonyl (C=O) groups is 1. The van der Waals surface area contributed by atoms with Crippen molar-refractivity contribution in [1.82, 2.24) is 14.6 Å². The van der Waals surface area contributed by atoms with Gasteiger partial charge in [0.2, 0.25) is 15.9 Å². The van der Waals surface area contributed by atoms with Crippen LogP contribution in [0, 0.1) is 0 Å². The van der Waals surface area contributed by atoms with Crippen LogP contribution in [0.1, 0.15) is 26.3 Å². The lowest BCUT2D eigenvalue weighted by molar-refractivity contribution is -0.121. The highest BCUT2D eigenvalue weighted by atomic mass is 32.2. The first kappa shape index (κ1) is 19.9. The number of benzene rings is 1. The van der Waals surface area contributed by atoms with E-state index in [1.54, 1.807) is 51.1 Å². The largest absolute Gasteiger partial charge is 0.350 e. The molecule has 0 unspecified atom stereocenters. The molecule has 8 heteroatoms. The summed E-state index contributed by atoms with van der Waals surface area (Å²) in [5.41, 5.74) is -0.429. The Morgan fingerprint density at radius 2 is 1.73 bits per heavy atom. The molecule has 0 saturated heterocycles. The molecule has 2 rings (SSSR count). The van der Waals surface area contributed by atoms with Crippen LogP contribution < -0.4 is 15.6 Å². The third-order valence-electron chi connectivity index (χ3n) is 3.39. The Morgan fingerprint density at radius 3 is 2.38 bits per heavy atom. The Labute approximate surface area is 153 Å². The molecule has 26 heavy (non-hydrogen) atoms. The predicted molar refractivity (Wildman–Crippen MR) is 99.1 cm³/mol. The highest BCUT2D eigenvalue weighted by Crippen LogP contribution is 2.17. The number of sulfonamides is 1. The lowest BCUT2D eigenvalue weighted by Gasteiger charge is -2.21. The lowest BCUT2D eigenvalue weighted by Crippen LogP contribution is -2.41. The highest BCUT2D eigenvalue weighted by molar-refractivity contribution is 7.89. The maximum atomic E-state index is 12.6. The SMILES string of the molecule is CC(C)(C)NS(=O)(=O)c1ccccc1CNC(=O)Cn1ccccc1=O. The molecule has 0 radical (unpaired) electrons. The van der Waals surface area contributed by atoms with Gasteiger partial charge in [-0.25, -0.2) is 13.1 Å². The van der Waals surface area contributed by atoms with Crippen LogP contribution in [0.5, 0.6) is 0 Å². The zero-order valence-corrected chi connectivity index (χ0v) is 15.8. The van der Waals surface area contributed by atoms with Crippen molar-refractivity contribution in [3.63, 3.8) is 0 Å². The van der Waals surface area contributed by atoms with Crippen molar-refractivity contribution in [3.05, 3.63) is 64.6 Å². The van der Waals surface area contributed by atoms with Gasteiger partial charge in [0.15, 0.2) is 0 Å². The number of hydrogen-bond donors (Lipinski definition) is 2. The number of amides is 1. The van der Waals surface area contributed by atoms with Crippen molar-refractivity contribution in [3.8, 4) is 0 Å². The molecule has 2 aromatic rings. The van der Waals surface area contributed by atoms with E-state index in [4.69, 9.17) is 0 Å². The molecule has 0 fully saturated rings. The van der Waals surface area contributed by atoms with E-state index in [0.29, 0.717) is 5.56 Å². The van der Waals surface area contributed by atoms with Gasteiger partial charge in [0, 0.05) is 24.3 Å². The van der Waals surface area contributed by atoms with Gasteiger partial charge in [-0.15, -0.1) is 0 Å². The third kappa shape index (κ3) is 5.53. The molecule has 0 saturated carbocycles. The van der Waals surface area contributed by atoms with E-state index in [0.717, 1.165) is 0 Å². The Morgan fingerprint density at radius 1 is 1.08 bits per heavy atom. The van der Waals surface area contributed by atoms with E-state index < -0.39 is 15.6 Å². The van der Waals surface area contributed by atoms with Crippen LogP contribution in [0.25, 0.3) is 0 Å². The van der Waals surface area contributed by atoms with E-state index >= 15 is 0 Å². The van der Waals surface area contributed by atoms with E-state index in [2.05, 4.69) is 10.0 Å². The maximum Gasteiger partial charge on any atom is 0.250 e. The number of nitrogens with one attached hydrogen (secondary N) is 2. The Hall–Kier alpha value is -2.45. The first-order chi connectivity index (χ1) is 12.1. The number of nitrogens with zero attached hydrogens (tertiary/aromatic N) is 1. The van der Waals surface area contributed by atoms with Crippen LogP contribution >= 0.6 is 0 Å². The molecule has 1 aromatic carbocycles. The van der Waals surface area contributed by atoms with E-state index in [9.17, 15) is 18.0 Å². The van der Waals surface area contributed by atoms with Crippen LogP contribution in [-0.4, -0.2) is 24.4 Å². The van der Waals surface area contributed by atoms with Crippen LogP contribution in [-0.2, 0) is 27.9 Å². The van der Waals surface area contributed by atoms with Gasteiger partial charge < -0.3 is 9.88 Å². The van der Waals surface area contributed by atoms with Gasteiger partial charge in [0.1, 0.15) is 6.54 Å². The average molecular weight is 377 g/mol. The minimum atomic E-state index is -3.72. The molecule has 1 heterocycles. The van der Waals surface area contributed by atoms with Gasteiger partial charge >= 0.3 is 0 Å². The van der Waals surface area contributed by atoms with Crippen LogP contribution in [0.15, 0.2) is 58.4 Å². The molecule has 0 aliphatic rings. The Kier molecular flexibility index (Phi) is 5.99. The second-order valence-electron chi connectivity index (χ2n) is 6.91. The topological polar surface area (TPSA) is 97.3 Å². The molecule has 2 N–H and O–H groups in total. The standard InChI is InChI=1S/C18H23N3O4S/c1-18(2,3)20-26(24,25)15-9-5-4-8-14(15)12-19-16(22)13-21-11-7-6-10-17(21)23/h4-11,20H,12-13H2,1-3H3,(H,19,22). The third-order valence-corrected chi connectivity index (χ3v) is 5.25. The molecule has 7 nitrogen and oxygen atoms in total. The molecule has 0 spiro atoms. The van der Waals surface area contributed by atoms with Crippen molar-refractivity contribution in [2.75, 3.05) is 0 Å². The average Bonchev–Trinajstić information content (AvgIpc) is 2.53.